The number of sulfonamides is 1. The van der Waals surface area contributed by atoms with Gasteiger partial charge < -0.3 is 15.0 Å². The van der Waals surface area contributed by atoms with Crippen molar-refractivity contribution in [2.24, 2.45) is 0 Å². The van der Waals surface area contributed by atoms with E-state index in [0.29, 0.717) is 27.8 Å². The third kappa shape index (κ3) is 8.18. The first-order valence-electron chi connectivity index (χ1n) is 13.7. The van der Waals surface area contributed by atoms with Gasteiger partial charge in [0.2, 0.25) is 11.8 Å². The van der Waals surface area contributed by atoms with Crippen LogP contribution in [0, 0.1) is 6.92 Å². The molecule has 0 spiro atoms. The highest BCUT2D eigenvalue weighted by molar-refractivity contribution is 7.92. The second kappa shape index (κ2) is 14.8. The molecular formula is C31H37Cl2N3O5S. The number of nitrogens with zero attached hydrogens (tertiary/aromatic N) is 2. The summed E-state index contributed by atoms with van der Waals surface area (Å²) in [6.07, 6.45) is 0.701. The lowest BCUT2D eigenvalue weighted by Crippen LogP contribution is -2.52. The number of ether oxygens (including phenoxy) is 1. The number of anilines is 1. The number of halogens is 2. The van der Waals surface area contributed by atoms with Crippen molar-refractivity contribution in [3.63, 3.8) is 0 Å². The summed E-state index contributed by atoms with van der Waals surface area (Å²) < 4.78 is 34.9. The second-order valence-electron chi connectivity index (χ2n) is 9.98. The summed E-state index contributed by atoms with van der Waals surface area (Å²) >= 11 is 12.5. The molecule has 1 N–H and O–H groups in total. The van der Waals surface area contributed by atoms with E-state index in [1.165, 1.54) is 17.0 Å². The van der Waals surface area contributed by atoms with E-state index in [1.807, 2.05) is 20.8 Å². The molecule has 42 heavy (non-hydrogen) atoms. The Bertz CT molecular complexity index is 1500. The lowest BCUT2D eigenvalue weighted by molar-refractivity contribution is -0.139. The molecule has 0 bridgehead atoms. The van der Waals surface area contributed by atoms with E-state index in [1.54, 1.807) is 68.4 Å². The minimum absolute atomic E-state index is 0.0158. The van der Waals surface area contributed by atoms with Crippen molar-refractivity contribution in [3.8, 4) is 5.75 Å². The van der Waals surface area contributed by atoms with Gasteiger partial charge in [-0.1, -0.05) is 66.0 Å². The van der Waals surface area contributed by atoms with Crippen molar-refractivity contribution in [1.29, 1.82) is 0 Å². The van der Waals surface area contributed by atoms with Crippen LogP contribution in [-0.2, 0) is 26.2 Å². The van der Waals surface area contributed by atoms with E-state index >= 15 is 0 Å². The Hall–Kier alpha value is -3.27. The van der Waals surface area contributed by atoms with Crippen LogP contribution in [0.1, 0.15) is 45.2 Å². The Morgan fingerprint density at radius 1 is 0.976 bits per heavy atom. The first kappa shape index (κ1) is 33.2. The van der Waals surface area contributed by atoms with Crippen LogP contribution in [0.3, 0.4) is 0 Å². The average molecular weight is 635 g/mol. The molecule has 226 valence electrons. The zero-order chi connectivity index (χ0) is 31.0. The van der Waals surface area contributed by atoms with Gasteiger partial charge in [-0.25, -0.2) is 8.42 Å². The summed E-state index contributed by atoms with van der Waals surface area (Å²) in [5, 5.41) is 3.65. The van der Waals surface area contributed by atoms with Crippen LogP contribution in [-0.4, -0.2) is 50.4 Å². The molecule has 0 heterocycles. The molecule has 3 aromatic rings. The van der Waals surface area contributed by atoms with E-state index in [9.17, 15) is 18.0 Å². The van der Waals surface area contributed by atoms with Crippen LogP contribution in [0.4, 0.5) is 5.69 Å². The van der Waals surface area contributed by atoms with Crippen molar-refractivity contribution in [2.75, 3.05) is 17.5 Å². The summed E-state index contributed by atoms with van der Waals surface area (Å²) in [5.74, 6) is -0.668. The molecule has 8 nitrogen and oxygen atoms in total. The SMILES string of the molecule is CCOc1ccccc1N(CC(=O)N(Cc1ccc(Cl)cc1Cl)[C@H](C)C(=O)N[C@H](C)CC)S(=O)(=O)c1ccc(C)cc1. The van der Waals surface area contributed by atoms with E-state index in [4.69, 9.17) is 27.9 Å². The quantitative estimate of drug-likeness (QED) is 0.241. The van der Waals surface area contributed by atoms with Crippen LogP contribution < -0.4 is 14.4 Å². The fourth-order valence-electron chi connectivity index (χ4n) is 4.17. The molecule has 0 radical (unpaired) electrons. The highest BCUT2D eigenvalue weighted by atomic mass is 35.5. The van der Waals surface area contributed by atoms with Gasteiger partial charge in [0.15, 0.2) is 0 Å². The van der Waals surface area contributed by atoms with Gasteiger partial charge in [-0.05, 0) is 76.1 Å². The number of carbonyl (C=O) groups excluding carboxylic acids is 2. The largest absolute Gasteiger partial charge is 0.492 e. The topological polar surface area (TPSA) is 96.0 Å². The van der Waals surface area contributed by atoms with Gasteiger partial charge in [0.05, 0.1) is 17.2 Å². The summed E-state index contributed by atoms with van der Waals surface area (Å²) in [4.78, 5) is 28.7. The van der Waals surface area contributed by atoms with Gasteiger partial charge >= 0.3 is 0 Å². The predicted molar refractivity (Wildman–Crippen MR) is 168 cm³/mol. The maximum Gasteiger partial charge on any atom is 0.264 e. The second-order valence-corrected chi connectivity index (χ2v) is 12.7. The van der Waals surface area contributed by atoms with E-state index in [-0.39, 0.29) is 35.7 Å². The van der Waals surface area contributed by atoms with Crippen molar-refractivity contribution < 1.29 is 22.7 Å². The molecule has 3 aromatic carbocycles. The van der Waals surface area contributed by atoms with E-state index in [0.717, 1.165) is 9.87 Å². The molecule has 0 aliphatic heterocycles. The van der Waals surface area contributed by atoms with Crippen LogP contribution in [0.25, 0.3) is 0 Å². The molecule has 2 atom stereocenters. The zero-order valence-electron chi connectivity index (χ0n) is 24.4. The van der Waals surface area contributed by atoms with Gasteiger partial charge in [-0.3, -0.25) is 13.9 Å². The molecule has 0 saturated carbocycles. The molecule has 0 aliphatic carbocycles. The Morgan fingerprint density at radius 3 is 2.26 bits per heavy atom. The Kier molecular flexibility index (Phi) is 11.7. The molecule has 0 fully saturated rings. The molecular weight excluding hydrogens is 597 g/mol. The molecule has 11 heteroatoms. The van der Waals surface area contributed by atoms with Crippen LogP contribution in [0.5, 0.6) is 5.75 Å². The van der Waals surface area contributed by atoms with E-state index < -0.39 is 28.5 Å². The number of benzene rings is 3. The summed E-state index contributed by atoms with van der Waals surface area (Å²) in [6.45, 7) is 8.71. The molecule has 3 rings (SSSR count). The zero-order valence-corrected chi connectivity index (χ0v) is 26.8. The minimum Gasteiger partial charge on any atom is -0.492 e. The van der Waals surface area contributed by atoms with Gasteiger partial charge in [-0.2, -0.15) is 0 Å². The Labute approximate surface area is 258 Å². The third-order valence-corrected chi connectivity index (χ3v) is 9.21. The lowest BCUT2D eigenvalue weighted by Gasteiger charge is -2.33. The van der Waals surface area contributed by atoms with Gasteiger partial charge in [0.1, 0.15) is 18.3 Å². The van der Waals surface area contributed by atoms with Crippen molar-refractivity contribution in [2.45, 2.75) is 64.6 Å². The molecule has 0 unspecified atom stereocenters. The maximum absolute atomic E-state index is 14.1. The van der Waals surface area contributed by atoms with Gasteiger partial charge in [0.25, 0.3) is 10.0 Å². The maximum atomic E-state index is 14.1. The lowest BCUT2D eigenvalue weighted by atomic mass is 10.1. The third-order valence-electron chi connectivity index (χ3n) is 6.85. The Balaban J connectivity index is 2.10. The number of aryl methyl sites for hydroxylation is 1. The smallest absolute Gasteiger partial charge is 0.264 e. The molecule has 0 saturated heterocycles. The molecule has 0 aliphatic rings. The van der Waals surface area contributed by atoms with Gasteiger partial charge in [0, 0.05) is 22.6 Å². The number of hydrogen-bond acceptors (Lipinski definition) is 5. The fraction of sp³-hybridized carbons (Fsp3) is 0.355. The normalized spacial score (nSPS) is 12.7. The summed E-state index contributed by atoms with van der Waals surface area (Å²) in [7, 11) is -4.23. The van der Waals surface area contributed by atoms with Crippen LogP contribution >= 0.6 is 23.2 Å². The highest BCUT2D eigenvalue weighted by Crippen LogP contribution is 2.33. The van der Waals surface area contributed by atoms with E-state index in [2.05, 4.69) is 5.32 Å². The summed E-state index contributed by atoms with van der Waals surface area (Å²) in [5.41, 5.74) is 1.65. The number of carbonyl (C=O) groups is 2. The first-order valence-corrected chi connectivity index (χ1v) is 15.9. The van der Waals surface area contributed by atoms with Gasteiger partial charge in [-0.15, -0.1) is 0 Å². The monoisotopic (exact) mass is 633 g/mol. The number of amides is 2. The predicted octanol–water partition coefficient (Wildman–Crippen LogP) is 6.23. The number of hydrogen-bond donors (Lipinski definition) is 1. The first-order chi connectivity index (χ1) is 19.9. The van der Waals surface area contributed by atoms with Crippen LogP contribution in [0.2, 0.25) is 10.0 Å². The Morgan fingerprint density at radius 2 is 1.64 bits per heavy atom. The van der Waals surface area contributed by atoms with Crippen LogP contribution in [0.15, 0.2) is 71.6 Å². The average Bonchev–Trinajstić information content (AvgIpc) is 2.95. The van der Waals surface area contributed by atoms with Crippen molar-refractivity contribution >= 4 is 50.7 Å². The standard InChI is InChI=1S/C31H37Cl2N3O5S/c1-6-22(4)34-31(38)23(5)35(19-24-14-15-25(32)18-27(24)33)30(37)20-36(28-10-8-9-11-29(28)41-7-2)42(39,40)26-16-12-21(3)13-17-26/h8-18,22-23H,6-7,19-20H2,1-5H3,(H,34,38)/t22-,23-/m1/s1. The van der Waals surface area contributed by atoms with Crippen molar-refractivity contribution in [1.82, 2.24) is 10.2 Å². The molecule has 0 aromatic heterocycles. The number of nitrogens with one attached hydrogen (secondary N) is 1. The van der Waals surface area contributed by atoms with Crippen molar-refractivity contribution in [3.05, 3.63) is 87.9 Å². The number of rotatable bonds is 13. The minimum atomic E-state index is -4.23. The number of para-hydroxylation sites is 2. The molecule has 2 amide bonds. The summed E-state index contributed by atoms with van der Waals surface area (Å²) in [6, 6.07) is 16.8. The fourth-order valence-corrected chi connectivity index (χ4v) is 6.07. The highest BCUT2D eigenvalue weighted by Gasteiger charge is 2.34.